The lowest BCUT2D eigenvalue weighted by Gasteiger charge is -2.14. The van der Waals surface area contributed by atoms with Crippen molar-refractivity contribution in [1.29, 1.82) is 0 Å². The number of carbonyl (C=O) groups excluding carboxylic acids is 1. The molecule has 1 aliphatic heterocycles. The van der Waals surface area contributed by atoms with Gasteiger partial charge in [0.15, 0.2) is 0 Å². The molecule has 17 heavy (non-hydrogen) atoms. The van der Waals surface area contributed by atoms with Gasteiger partial charge in [-0.25, -0.2) is 14.5 Å². The van der Waals surface area contributed by atoms with E-state index in [4.69, 9.17) is 10.5 Å². The average molecular weight is 239 g/mol. The smallest absolute Gasteiger partial charge is 0.410 e. The van der Waals surface area contributed by atoms with E-state index in [1.165, 1.54) is 6.33 Å². The number of cyclic esters (lactones) is 1. The third-order valence-electron chi connectivity index (χ3n) is 2.68. The number of aromatic nitrogens is 3. The van der Waals surface area contributed by atoms with Gasteiger partial charge in [0.2, 0.25) is 0 Å². The third kappa shape index (κ3) is 2.38. The summed E-state index contributed by atoms with van der Waals surface area (Å²) >= 11 is 0. The predicted molar refractivity (Wildman–Crippen MR) is 60.1 cm³/mol. The Balaban J connectivity index is 2.06. The van der Waals surface area contributed by atoms with Crippen LogP contribution >= 0.6 is 0 Å². The molecule has 2 heterocycles. The molecule has 94 valence electrons. The Bertz CT molecular complexity index is 403. The number of ether oxygens (including phenoxy) is 1. The van der Waals surface area contributed by atoms with E-state index in [0.29, 0.717) is 19.6 Å². The Morgan fingerprint density at radius 2 is 2.41 bits per heavy atom. The lowest BCUT2D eigenvalue weighted by molar-refractivity contribution is 0.134. The van der Waals surface area contributed by atoms with Gasteiger partial charge >= 0.3 is 6.09 Å². The number of nitrogens with zero attached hydrogens (tertiary/aromatic N) is 4. The largest absolute Gasteiger partial charge is 0.443 e. The van der Waals surface area contributed by atoms with Crippen LogP contribution in [0.2, 0.25) is 0 Å². The number of nitrogens with two attached hydrogens (primary N) is 1. The van der Waals surface area contributed by atoms with Gasteiger partial charge in [-0.2, -0.15) is 5.10 Å². The van der Waals surface area contributed by atoms with E-state index in [1.54, 1.807) is 9.58 Å². The number of amides is 1. The summed E-state index contributed by atoms with van der Waals surface area (Å²) in [6.45, 7) is 5.30. The van der Waals surface area contributed by atoms with Crippen LogP contribution in [0.1, 0.15) is 25.7 Å². The molecule has 1 unspecified atom stereocenters. The van der Waals surface area contributed by atoms with Gasteiger partial charge in [-0.3, -0.25) is 4.90 Å². The molecule has 0 aromatic carbocycles. The van der Waals surface area contributed by atoms with Crippen molar-refractivity contribution in [2.24, 2.45) is 5.73 Å². The molecule has 1 aromatic rings. The summed E-state index contributed by atoms with van der Waals surface area (Å²) in [5, 5.41) is 4.12. The molecule has 0 saturated carbocycles. The SMILES string of the molecule is CC(C)n1ncnc1CN1CC(CN)OC1=O. The molecule has 7 nitrogen and oxygen atoms in total. The first-order valence-electron chi connectivity index (χ1n) is 5.65. The topological polar surface area (TPSA) is 86.3 Å². The molecular formula is C10H17N5O2. The molecule has 2 rings (SSSR count). The predicted octanol–water partition coefficient (Wildman–Crippen LogP) is 0.139. The highest BCUT2D eigenvalue weighted by molar-refractivity contribution is 5.69. The minimum atomic E-state index is -0.334. The van der Waals surface area contributed by atoms with Gasteiger partial charge in [0.05, 0.1) is 13.1 Å². The van der Waals surface area contributed by atoms with E-state index in [9.17, 15) is 4.79 Å². The first kappa shape index (κ1) is 11.8. The second kappa shape index (κ2) is 4.70. The number of hydrogen-bond acceptors (Lipinski definition) is 5. The molecule has 0 spiro atoms. The lowest BCUT2D eigenvalue weighted by atomic mass is 10.3. The minimum Gasteiger partial charge on any atom is -0.443 e. The van der Waals surface area contributed by atoms with Gasteiger partial charge in [-0.1, -0.05) is 0 Å². The van der Waals surface area contributed by atoms with Crippen molar-refractivity contribution >= 4 is 6.09 Å². The van der Waals surface area contributed by atoms with E-state index in [0.717, 1.165) is 5.82 Å². The van der Waals surface area contributed by atoms with Gasteiger partial charge < -0.3 is 10.5 Å². The summed E-state index contributed by atoms with van der Waals surface area (Å²) in [5.74, 6) is 0.759. The molecule has 1 fully saturated rings. The molecule has 1 amide bonds. The maximum atomic E-state index is 11.5. The Labute approximate surface area is 99.5 Å². The van der Waals surface area contributed by atoms with Crippen LogP contribution in [0.25, 0.3) is 0 Å². The third-order valence-corrected chi connectivity index (χ3v) is 2.68. The van der Waals surface area contributed by atoms with E-state index < -0.39 is 0 Å². The fourth-order valence-electron chi connectivity index (χ4n) is 1.82. The zero-order valence-electron chi connectivity index (χ0n) is 10.0. The van der Waals surface area contributed by atoms with Crippen molar-refractivity contribution in [3.8, 4) is 0 Å². The number of rotatable bonds is 4. The molecule has 0 aliphatic carbocycles. The highest BCUT2D eigenvalue weighted by atomic mass is 16.6. The summed E-state index contributed by atoms with van der Waals surface area (Å²) < 4.78 is 6.87. The minimum absolute atomic E-state index is 0.210. The summed E-state index contributed by atoms with van der Waals surface area (Å²) in [5.41, 5.74) is 5.47. The maximum Gasteiger partial charge on any atom is 0.410 e. The summed E-state index contributed by atoms with van der Waals surface area (Å²) in [7, 11) is 0. The van der Waals surface area contributed by atoms with Crippen molar-refractivity contribution in [1.82, 2.24) is 19.7 Å². The van der Waals surface area contributed by atoms with Gasteiger partial charge in [0.25, 0.3) is 0 Å². The van der Waals surface area contributed by atoms with Crippen molar-refractivity contribution < 1.29 is 9.53 Å². The van der Waals surface area contributed by atoms with Crippen LogP contribution in [-0.4, -0.2) is 45.0 Å². The van der Waals surface area contributed by atoms with Gasteiger partial charge in [0.1, 0.15) is 18.3 Å². The zero-order chi connectivity index (χ0) is 12.4. The Morgan fingerprint density at radius 3 is 3.00 bits per heavy atom. The van der Waals surface area contributed by atoms with E-state index in [1.807, 2.05) is 13.8 Å². The molecule has 0 radical (unpaired) electrons. The van der Waals surface area contributed by atoms with Gasteiger partial charge in [0, 0.05) is 12.6 Å². The molecule has 0 bridgehead atoms. The Hall–Kier alpha value is -1.63. The quantitative estimate of drug-likeness (QED) is 0.807. The number of carbonyl (C=O) groups is 1. The summed E-state index contributed by atoms with van der Waals surface area (Å²) in [6.07, 6.45) is 0.952. The Morgan fingerprint density at radius 1 is 1.65 bits per heavy atom. The van der Waals surface area contributed by atoms with E-state index in [-0.39, 0.29) is 18.2 Å². The highest BCUT2D eigenvalue weighted by Gasteiger charge is 2.31. The van der Waals surface area contributed by atoms with Gasteiger partial charge in [-0.05, 0) is 13.8 Å². The van der Waals surface area contributed by atoms with Crippen molar-refractivity contribution in [2.75, 3.05) is 13.1 Å². The Kier molecular flexibility index (Phi) is 3.28. The first-order valence-corrected chi connectivity index (χ1v) is 5.65. The summed E-state index contributed by atoms with van der Waals surface area (Å²) in [6, 6.07) is 0.219. The van der Waals surface area contributed by atoms with Crippen LogP contribution < -0.4 is 5.73 Å². The maximum absolute atomic E-state index is 11.5. The molecule has 1 aromatic heterocycles. The number of hydrogen-bond donors (Lipinski definition) is 1. The fourth-order valence-corrected chi connectivity index (χ4v) is 1.82. The fraction of sp³-hybridized carbons (Fsp3) is 0.700. The second-order valence-electron chi connectivity index (χ2n) is 4.34. The van der Waals surface area contributed by atoms with Crippen LogP contribution in [0.15, 0.2) is 6.33 Å². The first-order chi connectivity index (χ1) is 8.11. The monoisotopic (exact) mass is 239 g/mol. The van der Waals surface area contributed by atoms with Crippen molar-refractivity contribution in [2.45, 2.75) is 32.5 Å². The van der Waals surface area contributed by atoms with E-state index >= 15 is 0 Å². The molecular weight excluding hydrogens is 222 g/mol. The van der Waals surface area contributed by atoms with Crippen molar-refractivity contribution in [3.05, 3.63) is 12.2 Å². The molecule has 1 aliphatic rings. The second-order valence-corrected chi connectivity index (χ2v) is 4.34. The lowest BCUT2D eigenvalue weighted by Crippen LogP contribution is -2.28. The molecule has 7 heteroatoms. The van der Waals surface area contributed by atoms with Gasteiger partial charge in [-0.15, -0.1) is 0 Å². The molecule has 1 atom stereocenters. The van der Waals surface area contributed by atoms with Crippen molar-refractivity contribution in [3.63, 3.8) is 0 Å². The normalized spacial score (nSPS) is 20.1. The standard InChI is InChI=1S/C10H17N5O2/c1-7(2)15-9(12-6-13-15)5-14-4-8(3-11)17-10(14)16/h6-8H,3-5,11H2,1-2H3. The highest BCUT2D eigenvalue weighted by Crippen LogP contribution is 2.14. The van der Waals surface area contributed by atoms with E-state index in [2.05, 4.69) is 10.1 Å². The van der Waals surface area contributed by atoms with Crippen LogP contribution in [0.5, 0.6) is 0 Å². The molecule has 1 saturated heterocycles. The molecule has 2 N–H and O–H groups in total. The van der Waals surface area contributed by atoms with Crippen LogP contribution in [0.4, 0.5) is 4.79 Å². The van der Waals surface area contributed by atoms with Crippen LogP contribution in [0.3, 0.4) is 0 Å². The van der Waals surface area contributed by atoms with Crippen LogP contribution in [-0.2, 0) is 11.3 Å². The summed E-state index contributed by atoms with van der Waals surface area (Å²) in [4.78, 5) is 17.3. The van der Waals surface area contributed by atoms with Crippen LogP contribution in [0, 0.1) is 0 Å². The average Bonchev–Trinajstić information content (AvgIpc) is 2.87. The zero-order valence-corrected chi connectivity index (χ0v) is 10.0.